The summed E-state index contributed by atoms with van der Waals surface area (Å²) in [7, 11) is 0.364. The lowest BCUT2D eigenvalue weighted by molar-refractivity contribution is 0.373. The summed E-state index contributed by atoms with van der Waals surface area (Å²) in [6.07, 6.45) is 8.94. The zero-order valence-corrected chi connectivity index (χ0v) is 18.3. The number of anilines is 1. The molecule has 0 radical (unpaired) electrons. The van der Waals surface area contributed by atoms with Gasteiger partial charge in [-0.05, 0) is 62.3 Å². The quantitative estimate of drug-likeness (QED) is 0.639. The first-order valence-electron chi connectivity index (χ1n) is 10.2. The second kappa shape index (κ2) is 8.93. The fourth-order valence-corrected chi connectivity index (χ4v) is 5.94. The van der Waals surface area contributed by atoms with Crippen molar-refractivity contribution in [3.63, 3.8) is 0 Å². The van der Waals surface area contributed by atoms with Gasteiger partial charge in [-0.3, -0.25) is 0 Å². The smallest absolute Gasteiger partial charge is 0.183 e. The van der Waals surface area contributed by atoms with Crippen LogP contribution in [0.25, 0.3) is 10.4 Å². The number of nitrogens with one attached hydrogen (secondary N) is 2. The maximum Gasteiger partial charge on any atom is 0.183 e. The predicted octanol–water partition coefficient (Wildman–Crippen LogP) is 4.89. The monoisotopic (exact) mass is 419 g/mol. The Morgan fingerprint density at radius 1 is 1.21 bits per heavy atom. The summed E-state index contributed by atoms with van der Waals surface area (Å²) < 4.78 is 21.3. The highest BCUT2D eigenvalue weighted by molar-refractivity contribution is 7.83. The third kappa shape index (κ3) is 4.75. The number of benzene rings is 1. The molecular weight excluding hydrogens is 390 g/mol. The zero-order valence-electron chi connectivity index (χ0n) is 16.6. The lowest BCUT2D eigenvalue weighted by atomic mass is 9.89. The van der Waals surface area contributed by atoms with Crippen LogP contribution in [0.3, 0.4) is 0 Å². The molecule has 5 nitrogen and oxygen atoms in total. The van der Waals surface area contributed by atoms with E-state index in [2.05, 4.69) is 10.0 Å². The van der Waals surface area contributed by atoms with Crippen LogP contribution >= 0.6 is 11.3 Å². The first-order chi connectivity index (χ1) is 13.6. The highest BCUT2D eigenvalue weighted by atomic mass is 32.2. The van der Waals surface area contributed by atoms with E-state index in [9.17, 15) is 4.21 Å². The fourth-order valence-electron chi connectivity index (χ4n) is 3.74. The summed E-state index contributed by atoms with van der Waals surface area (Å²) in [5, 5.41) is 4.53. The van der Waals surface area contributed by atoms with Gasteiger partial charge in [0.1, 0.15) is 16.7 Å². The van der Waals surface area contributed by atoms with Crippen molar-refractivity contribution >= 4 is 27.5 Å². The molecule has 0 aliphatic heterocycles. The molecule has 1 unspecified atom stereocenters. The number of thiazole rings is 1. The van der Waals surface area contributed by atoms with Gasteiger partial charge >= 0.3 is 0 Å². The van der Waals surface area contributed by atoms with Gasteiger partial charge in [0.25, 0.3) is 0 Å². The van der Waals surface area contributed by atoms with Crippen LogP contribution < -0.4 is 14.8 Å². The largest absolute Gasteiger partial charge is 0.495 e. The van der Waals surface area contributed by atoms with Gasteiger partial charge < -0.3 is 10.1 Å². The number of aromatic nitrogens is 1. The van der Waals surface area contributed by atoms with E-state index in [-0.39, 0.29) is 0 Å². The molecule has 2 N–H and O–H groups in total. The molecule has 1 aromatic heterocycles. The second-order valence-corrected chi connectivity index (χ2v) is 10.1. The summed E-state index contributed by atoms with van der Waals surface area (Å²) in [6.45, 7) is 3.05. The zero-order chi connectivity index (χ0) is 19.5. The Kier molecular flexibility index (Phi) is 6.33. The number of hydrogen-bond donors (Lipinski definition) is 2. The summed E-state index contributed by atoms with van der Waals surface area (Å²) >= 11 is 1.68. The molecule has 7 heteroatoms. The molecule has 1 atom stereocenters. The summed E-state index contributed by atoms with van der Waals surface area (Å²) in [5.41, 5.74) is 2.05. The molecule has 0 amide bonds. The van der Waals surface area contributed by atoms with E-state index in [0.29, 0.717) is 16.7 Å². The van der Waals surface area contributed by atoms with E-state index in [4.69, 9.17) is 9.72 Å². The summed E-state index contributed by atoms with van der Waals surface area (Å²) in [5.74, 6) is 1.43. The minimum atomic E-state index is -1.26. The lowest BCUT2D eigenvalue weighted by Crippen LogP contribution is -2.19. The van der Waals surface area contributed by atoms with E-state index in [1.54, 1.807) is 18.4 Å². The van der Waals surface area contributed by atoms with Gasteiger partial charge in [-0.25, -0.2) is 13.9 Å². The van der Waals surface area contributed by atoms with Crippen LogP contribution in [-0.2, 0) is 11.0 Å². The van der Waals surface area contributed by atoms with E-state index >= 15 is 0 Å². The van der Waals surface area contributed by atoms with Crippen LogP contribution in [0, 0.1) is 12.8 Å². The van der Waals surface area contributed by atoms with Crippen LogP contribution in [0.4, 0.5) is 5.13 Å². The highest BCUT2D eigenvalue weighted by Gasteiger charge is 2.25. The maximum atomic E-state index is 12.7. The van der Waals surface area contributed by atoms with E-state index in [0.717, 1.165) is 46.6 Å². The second-order valence-electron chi connectivity index (χ2n) is 7.84. The SMILES string of the molecule is COc1ccc(-c2sc(NCC3CCCCC3)nc2C)cc1S(=O)NC1CC1. The minimum absolute atomic E-state index is 0.370. The molecule has 4 rings (SSSR count). The molecule has 2 aliphatic rings. The van der Waals surface area contributed by atoms with Gasteiger partial charge in [-0.2, -0.15) is 0 Å². The molecule has 152 valence electrons. The molecule has 2 aliphatic carbocycles. The first-order valence-corrected chi connectivity index (χ1v) is 12.2. The molecule has 1 aromatic carbocycles. The van der Waals surface area contributed by atoms with Crippen LogP contribution in [0.5, 0.6) is 5.75 Å². The summed E-state index contributed by atoms with van der Waals surface area (Å²) in [6, 6.07) is 6.29. The number of nitrogens with zero attached hydrogens (tertiary/aromatic N) is 1. The van der Waals surface area contributed by atoms with E-state index in [1.807, 2.05) is 25.1 Å². The Hall–Kier alpha value is -1.44. The molecule has 28 heavy (non-hydrogen) atoms. The standard InChI is InChI=1S/C21H29N3O2S2/c1-14-20(27-21(23-14)22-13-15-6-4-3-5-7-15)16-8-11-18(26-2)19(12-16)28(25)24-17-9-10-17/h8,11-12,15,17,24H,3-7,9-10,13H2,1-2H3,(H,22,23). The van der Waals surface area contributed by atoms with Gasteiger partial charge in [0.05, 0.1) is 22.6 Å². The Morgan fingerprint density at radius 2 is 2.00 bits per heavy atom. The number of aryl methyl sites for hydroxylation is 1. The van der Waals surface area contributed by atoms with Crippen LogP contribution in [-0.4, -0.2) is 28.9 Å². The Morgan fingerprint density at radius 3 is 2.71 bits per heavy atom. The van der Waals surface area contributed by atoms with Crippen LogP contribution in [0.1, 0.15) is 50.6 Å². The van der Waals surface area contributed by atoms with Crippen molar-refractivity contribution in [1.82, 2.24) is 9.71 Å². The molecule has 2 saturated carbocycles. The van der Waals surface area contributed by atoms with Gasteiger partial charge in [0, 0.05) is 12.6 Å². The summed E-state index contributed by atoms with van der Waals surface area (Å²) in [4.78, 5) is 6.56. The Labute approximate surface area is 173 Å². The number of hydrogen-bond acceptors (Lipinski definition) is 5. The lowest BCUT2D eigenvalue weighted by Gasteiger charge is -2.21. The fraction of sp³-hybridized carbons (Fsp3) is 0.571. The predicted molar refractivity (Wildman–Crippen MR) is 116 cm³/mol. The molecule has 1 heterocycles. The number of methoxy groups -OCH3 is 1. The maximum absolute atomic E-state index is 12.7. The van der Waals surface area contributed by atoms with Gasteiger partial charge in [-0.15, -0.1) is 0 Å². The van der Waals surface area contributed by atoms with Crippen molar-refractivity contribution in [2.75, 3.05) is 19.0 Å². The number of ether oxygens (including phenoxy) is 1. The number of rotatable bonds is 8. The first kappa shape index (κ1) is 19.9. The van der Waals surface area contributed by atoms with Crippen molar-refractivity contribution in [1.29, 1.82) is 0 Å². The molecule has 0 saturated heterocycles. The Balaban J connectivity index is 1.51. The van der Waals surface area contributed by atoms with Crippen molar-refractivity contribution in [2.45, 2.75) is 62.8 Å². The van der Waals surface area contributed by atoms with Gasteiger partial charge in [-0.1, -0.05) is 30.6 Å². The van der Waals surface area contributed by atoms with Gasteiger partial charge in [0.2, 0.25) is 0 Å². The topological polar surface area (TPSA) is 63.2 Å². The average molecular weight is 420 g/mol. The van der Waals surface area contributed by atoms with Gasteiger partial charge in [0.15, 0.2) is 5.13 Å². The normalized spacial score (nSPS) is 18.8. The molecule has 0 spiro atoms. The van der Waals surface area contributed by atoms with Crippen LogP contribution in [0.2, 0.25) is 0 Å². The van der Waals surface area contributed by atoms with E-state index < -0.39 is 11.0 Å². The third-order valence-corrected chi connectivity index (χ3v) is 7.97. The van der Waals surface area contributed by atoms with E-state index in [1.165, 1.54) is 32.1 Å². The molecule has 0 bridgehead atoms. The molecular formula is C21H29N3O2S2. The molecule has 2 fully saturated rings. The van der Waals surface area contributed by atoms with Crippen LogP contribution in [0.15, 0.2) is 23.1 Å². The Bertz CT molecular complexity index is 842. The average Bonchev–Trinajstić information content (AvgIpc) is 3.46. The van der Waals surface area contributed by atoms with Crippen molar-refractivity contribution in [3.8, 4) is 16.2 Å². The minimum Gasteiger partial charge on any atom is -0.495 e. The third-order valence-electron chi connectivity index (χ3n) is 5.54. The molecule has 2 aromatic rings. The van der Waals surface area contributed by atoms with Crippen molar-refractivity contribution < 1.29 is 8.95 Å². The van der Waals surface area contributed by atoms with Crippen molar-refractivity contribution in [2.24, 2.45) is 5.92 Å². The van der Waals surface area contributed by atoms with Crippen molar-refractivity contribution in [3.05, 3.63) is 23.9 Å². The highest BCUT2D eigenvalue weighted by Crippen LogP contribution is 2.36.